The van der Waals surface area contributed by atoms with E-state index in [2.05, 4.69) is 15.0 Å². The monoisotopic (exact) mass is 304 g/mol. The Morgan fingerprint density at radius 2 is 2.15 bits per heavy atom. The van der Waals surface area contributed by atoms with Crippen LogP contribution in [0.5, 0.6) is 0 Å². The lowest BCUT2D eigenvalue weighted by Crippen LogP contribution is -2.23. The van der Waals surface area contributed by atoms with Gasteiger partial charge in [-0.25, -0.2) is 4.79 Å². The van der Waals surface area contributed by atoms with Gasteiger partial charge in [0.05, 0.1) is 11.2 Å². The van der Waals surface area contributed by atoms with Gasteiger partial charge in [-0.15, -0.1) is 0 Å². The van der Waals surface area contributed by atoms with Crippen molar-refractivity contribution in [2.45, 2.75) is 6.18 Å². The number of rotatable bonds is 2. The summed E-state index contributed by atoms with van der Waals surface area (Å²) in [5.41, 5.74) is 0.584. The van der Waals surface area contributed by atoms with E-state index in [1.54, 1.807) is 18.2 Å². The molecule has 1 heterocycles. The zero-order valence-electron chi connectivity index (χ0n) is 9.87. The van der Waals surface area contributed by atoms with Crippen LogP contribution in [0, 0.1) is 0 Å². The fourth-order valence-corrected chi connectivity index (χ4v) is 1.77. The largest absolute Gasteiger partial charge is 0.440 e. The van der Waals surface area contributed by atoms with Crippen LogP contribution in [-0.2, 0) is 4.74 Å². The Bertz CT molecular complexity index is 646. The number of hydrogen-bond acceptors (Lipinski definition) is 3. The van der Waals surface area contributed by atoms with Crippen LogP contribution in [0.25, 0.3) is 10.9 Å². The molecule has 0 spiro atoms. The van der Waals surface area contributed by atoms with Crippen molar-refractivity contribution < 1.29 is 22.7 Å². The second-order valence-corrected chi connectivity index (χ2v) is 4.28. The summed E-state index contributed by atoms with van der Waals surface area (Å²) in [5.74, 6) is 0. The van der Waals surface area contributed by atoms with E-state index < -0.39 is 18.9 Å². The topological polar surface area (TPSA) is 51.2 Å². The second kappa shape index (κ2) is 5.54. The molecule has 1 N–H and O–H groups in total. The number of carbonyl (C=O) groups is 1. The number of amides is 1. The third kappa shape index (κ3) is 3.74. The molecule has 0 unspecified atom stereocenters. The van der Waals surface area contributed by atoms with Crippen LogP contribution in [-0.4, -0.2) is 23.9 Å². The Morgan fingerprint density at radius 3 is 2.85 bits per heavy atom. The van der Waals surface area contributed by atoms with Gasteiger partial charge in [0.2, 0.25) is 0 Å². The maximum Gasteiger partial charge on any atom is 0.422 e. The highest BCUT2D eigenvalue weighted by Crippen LogP contribution is 2.26. The first-order valence-electron chi connectivity index (χ1n) is 5.40. The van der Waals surface area contributed by atoms with Crippen LogP contribution < -0.4 is 5.32 Å². The number of fused-ring (bicyclic) bond motifs is 1. The molecule has 0 fully saturated rings. The first-order chi connectivity index (χ1) is 9.35. The summed E-state index contributed by atoms with van der Waals surface area (Å²) in [5, 5.41) is 3.15. The molecule has 0 aliphatic carbocycles. The molecule has 0 saturated carbocycles. The lowest BCUT2D eigenvalue weighted by Gasteiger charge is -2.10. The van der Waals surface area contributed by atoms with Crippen molar-refractivity contribution in [3.05, 3.63) is 35.5 Å². The van der Waals surface area contributed by atoms with Gasteiger partial charge in [0.25, 0.3) is 0 Å². The minimum Gasteiger partial charge on any atom is -0.440 e. The van der Waals surface area contributed by atoms with Crippen molar-refractivity contribution in [1.29, 1.82) is 0 Å². The van der Waals surface area contributed by atoms with E-state index in [1.165, 1.54) is 12.3 Å². The number of nitrogens with zero attached hydrogens (tertiary/aromatic N) is 1. The molecular formula is C12H8ClF3N2O2. The summed E-state index contributed by atoms with van der Waals surface area (Å²) >= 11 is 5.86. The molecule has 1 aromatic carbocycles. The molecule has 2 rings (SSSR count). The predicted molar refractivity (Wildman–Crippen MR) is 67.8 cm³/mol. The molecule has 20 heavy (non-hydrogen) atoms. The molecule has 0 aliphatic rings. The molecule has 0 bridgehead atoms. The number of aromatic nitrogens is 1. The van der Waals surface area contributed by atoms with Crippen LogP contribution in [0.3, 0.4) is 0 Å². The van der Waals surface area contributed by atoms with Crippen molar-refractivity contribution in [1.82, 2.24) is 4.98 Å². The Balaban J connectivity index is 2.19. The molecule has 0 atom stereocenters. The van der Waals surface area contributed by atoms with Gasteiger partial charge >= 0.3 is 12.3 Å². The van der Waals surface area contributed by atoms with E-state index >= 15 is 0 Å². The fourth-order valence-electron chi connectivity index (χ4n) is 1.54. The minimum absolute atomic E-state index is 0.181. The number of carbonyl (C=O) groups excluding carboxylic acids is 1. The van der Waals surface area contributed by atoms with Gasteiger partial charge in [0.1, 0.15) is 0 Å². The van der Waals surface area contributed by atoms with E-state index in [-0.39, 0.29) is 5.69 Å². The predicted octanol–water partition coefficient (Wildman–Crippen LogP) is 4.00. The van der Waals surface area contributed by atoms with Gasteiger partial charge in [-0.3, -0.25) is 10.3 Å². The maximum atomic E-state index is 11.9. The van der Waals surface area contributed by atoms with Gasteiger partial charge in [-0.2, -0.15) is 13.2 Å². The summed E-state index contributed by atoms with van der Waals surface area (Å²) < 4.78 is 39.9. The average Bonchev–Trinajstić information content (AvgIpc) is 2.35. The van der Waals surface area contributed by atoms with E-state index in [9.17, 15) is 18.0 Å². The number of alkyl halides is 3. The lowest BCUT2D eigenvalue weighted by molar-refractivity contribution is -0.159. The highest BCUT2D eigenvalue weighted by atomic mass is 35.5. The summed E-state index contributed by atoms with van der Waals surface area (Å²) in [6.45, 7) is -1.66. The maximum absolute atomic E-state index is 11.9. The second-order valence-electron chi connectivity index (χ2n) is 3.84. The minimum atomic E-state index is -4.58. The van der Waals surface area contributed by atoms with Gasteiger partial charge in [0, 0.05) is 16.6 Å². The quantitative estimate of drug-likeness (QED) is 0.912. The Kier molecular flexibility index (Phi) is 3.99. The fraction of sp³-hybridized carbons (Fsp3) is 0.167. The third-order valence-electron chi connectivity index (χ3n) is 2.27. The zero-order valence-corrected chi connectivity index (χ0v) is 10.6. The number of halogens is 4. The first-order valence-corrected chi connectivity index (χ1v) is 5.78. The van der Waals surface area contributed by atoms with E-state index in [0.29, 0.717) is 15.9 Å². The van der Waals surface area contributed by atoms with E-state index in [0.717, 1.165) is 0 Å². The smallest absolute Gasteiger partial charge is 0.422 e. The molecule has 0 aliphatic heterocycles. The summed E-state index contributed by atoms with van der Waals surface area (Å²) in [4.78, 5) is 15.3. The van der Waals surface area contributed by atoms with Crippen LogP contribution in [0.2, 0.25) is 5.02 Å². The number of ether oxygens (including phenoxy) is 1. The molecule has 106 valence electrons. The average molecular weight is 305 g/mol. The van der Waals surface area contributed by atoms with Gasteiger partial charge in [-0.05, 0) is 18.2 Å². The van der Waals surface area contributed by atoms with Crippen LogP contribution in [0.4, 0.5) is 23.7 Å². The van der Waals surface area contributed by atoms with Crippen molar-refractivity contribution in [3.8, 4) is 0 Å². The molecule has 2 aromatic rings. The Labute approximate surface area is 116 Å². The molecule has 0 radical (unpaired) electrons. The number of nitrogens with one attached hydrogen (secondary N) is 1. The van der Waals surface area contributed by atoms with E-state index in [4.69, 9.17) is 11.6 Å². The molecule has 1 amide bonds. The summed E-state index contributed by atoms with van der Waals surface area (Å²) in [6.07, 6.45) is -4.31. The summed E-state index contributed by atoms with van der Waals surface area (Å²) in [6, 6.07) is 6.38. The van der Waals surface area contributed by atoms with Crippen LogP contribution in [0.15, 0.2) is 30.5 Å². The SMILES string of the molecule is O=C(Nc1cc(Cl)cc2cccnc12)OCC(F)(F)F. The standard InChI is InChI=1S/C12H8ClF3N2O2/c13-8-4-7-2-1-3-17-10(7)9(5-8)18-11(19)20-6-12(14,15)16/h1-5H,6H2,(H,18,19). The van der Waals surface area contributed by atoms with Crippen LogP contribution in [0.1, 0.15) is 0 Å². The summed E-state index contributed by atoms with van der Waals surface area (Å²) in [7, 11) is 0. The van der Waals surface area contributed by atoms with Crippen molar-refractivity contribution in [2.24, 2.45) is 0 Å². The van der Waals surface area contributed by atoms with Gasteiger partial charge in [0.15, 0.2) is 6.61 Å². The third-order valence-corrected chi connectivity index (χ3v) is 2.49. The number of pyridine rings is 1. The van der Waals surface area contributed by atoms with E-state index in [1.807, 2.05) is 0 Å². The Morgan fingerprint density at radius 1 is 1.40 bits per heavy atom. The van der Waals surface area contributed by atoms with Crippen molar-refractivity contribution in [2.75, 3.05) is 11.9 Å². The van der Waals surface area contributed by atoms with Crippen LogP contribution >= 0.6 is 11.6 Å². The lowest BCUT2D eigenvalue weighted by atomic mass is 10.2. The number of anilines is 1. The van der Waals surface area contributed by atoms with Gasteiger partial charge in [-0.1, -0.05) is 17.7 Å². The molecular weight excluding hydrogens is 297 g/mol. The highest BCUT2D eigenvalue weighted by Gasteiger charge is 2.29. The molecule has 0 saturated heterocycles. The molecule has 8 heteroatoms. The normalized spacial score (nSPS) is 11.4. The molecule has 4 nitrogen and oxygen atoms in total. The zero-order chi connectivity index (χ0) is 14.8. The first kappa shape index (κ1) is 14.4. The van der Waals surface area contributed by atoms with Gasteiger partial charge < -0.3 is 4.74 Å². The molecule has 1 aromatic heterocycles. The highest BCUT2D eigenvalue weighted by molar-refractivity contribution is 6.32. The Hall–Kier alpha value is -2.02. The van der Waals surface area contributed by atoms with Crippen molar-refractivity contribution in [3.63, 3.8) is 0 Å². The number of benzene rings is 1. The number of hydrogen-bond donors (Lipinski definition) is 1. The van der Waals surface area contributed by atoms with Crippen molar-refractivity contribution >= 4 is 34.3 Å².